The van der Waals surface area contributed by atoms with Gasteiger partial charge in [-0.3, -0.25) is 0 Å². The second-order valence-electron chi connectivity index (χ2n) is 2.48. The van der Waals surface area contributed by atoms with Crippen LogP contribution in [0.3, 0.4) is 0 Å². The van der Waals surface area contributed by atoms with Crippen LogP contribution in [0, 0.1) is 6.92 Å². The maximum absolute atomic E-state index is 9.26. The molecule has 1 aliphatic carbocycles. The summed E-state index contributed by atoms with van der Waals surface area (Å²) in [6.45, 7) is 3.73. The lowest BCUT2D eigenvalue weighted by atomic mass is 9.95. The molecule has 0 aromatic carbocycles. The highest BCUT2D eigenvalue weighted by Crippen LogP contribution is 2.19. The minimum atomic E-state index is -0.184. The zero-order chi connectivity index (χ0) is 6.69. The summed E-state index contributed by atoms with van der Waals surface area (Å²) in [5, 5.41) is 9.26. The first kappa shape index (κ1) is 6.81. The van der Waals surface area contributed by atoms with E-state index in [0.29, 0.717) is 0 Å². The van der Waals surface area contributed by atoms with E-state index in [9.17, 15) is 5.11 Å². The summed E-state index contributed by atoms with van der Waals surface area (Å²) >= 11 is 0. The van der Waals surface area contributed by atoms with Crippen molar-refractivity contribution in [1.82, 2.24) is 0 Å². The Labute approximate surface area is 56.4 Å². The predicted octanol–water partition coefficient (Wildman–Crippen LogP) is 1.68. The average Bonchev–Trinajstić information content (AvgIpc) is 1.89. The van der Waals surface area contributed by atoms with Crippen LogP contribution in [0.4, 0.5) is 0 Å². The third-order valence-electron chi connectivity index (χ3n) is 1.80. The summed E-state index contributed by atoms with van der Waals surface area (Å²) in [5.74, 6) is 0. The Morgan fingerprint density at radius 2 is 2.56 bits per heavy atom. The van der Waals surface area contributed by atoms with Gasteiger partial charge in [-0.2, -0.15) is 6.42 Å². The van der Waals surface area contributed by atoms with E-state index in [1.54, 1.807) is 0 Å². The van der Waals surface area contributed by atoms with E-state index >= 15 is 0 Å². The zero-order valence-corrected chi connectivity index (χ0v) is 5.64. The molecule has 0 radical (unpaired) electrons. The van der Waals surface area contributed by atoms with Gasteiger partial charge in [0.2, 0.25) is 0 Å². The molecule has 0 aromatic heterocycles. The Kier molecular flexibility index (Phi) is 2.29. The molecule has 9 heavy (non-hydrogen) atoms. The van der Waals surface area contributed by atoms with Crippen LogP contribution in [0.15, 0.2) is 11.6 Å². The van der Waals surface area contributed by atoms with E-state index in [-0.39, 0.29) is 6.10 Å². The first-order valence-electron chi connectivity index (χ1n) is 3.51. The minimum absolute atomic E-state index is 0.184. The van der Waals surface area contributed by atoms with E-state index in [2.05, 4.69) is 13.0 Å². The van der Waals surface area contributed by atoms with Crippen LogP contribution < -0.4 is 0 Å². The molecule has 0 aliphatic heterocycles. The summed E-state index contributed by atoms with van der Waals surface area (Å²) in [6.07, 6.45) is 5.88. The number of rotatable bonds is 1. The summed E-state index contributed by atoms with van der Waals surface area (Å²) < 4.78 is 0. The van der Waals surface area contributed by atoms with Crippen molar-refractivity contribution < 1.29 is 5.11 Å². The monoisotopic (exact) mass is 125 g/mol. The highest BCUT2D eigenvalue weighted by Gasteiger charge is 2.09. The van der Waals surface area contributed by atoms with Crippen molar-refractivity contribution in [1.29, 1.82) is 0 Å². The van der Waals surface area contributed by atoms with Crippen LogP contribution in [0.2, 0.25) is 0 Å². The molecule has 0 saturated heterocycles. The number of aliphatic hydroxyl groups is 1. The van der Waals surface area contributed by atoms with Crippen LogP contribution in [0.5, 0.6) is 0 Å². The molecule has 0 aromatic rings. The van der Waals surface area contributed by atoms with Crippen molar-refractivity contribution in [2.24, 2.45) is 0 Å². The molecule has 0 spiro atoms. The van der Waals surface area contributed by atoms with Gasteiger partial charge in [-0.15, -0.1) is 0 Å². The Hall–Kier alpha value is -0.300. The maximum atomic E-state index is 9.26. The van der Waals surface area contributed by atoms with Gasteiger partial charge in [-0.05, 0) is 19.3 Å². The molecule has 1 heteroatoms. The summed E-state index contributed by atoms with van der Waals surface area (Å²) in [4.78, 5) is 0. The van der Waals surface area contributed by atoms with E-state index < -0.39 is 0 Å². The van der Waals surface area contributed by atoms with Crippen LogP contribution >= 0.6 is 0 Å². The normalized spacial score (nSPS) is 27.8. The smallest absolute Gasteiger partial charge is 0.0725 e. The molecule has 1 unspecified atom stereocenters. The highest BCUT2D eigenvalue weighted by molar-refractivity contribution is 5.11. The predicted molar refractivity (Wildman–Crippen MR) is 37.9 cm³/mol. The maximum Gasteiger partial charge on any atom is 0.0725 e. The van der Waals surface area contributed by atoms with Crippen LogP contribution in [0.1, 0.15) is 25.7 Å². The van der Waals surface area contributed by atoms with Gasteiger partial charge in [-0.1, -0.05) is 11.6 Å². The van der Waals surface area contributed by atoms with Crippen molar-refractivity contribution >= 4 is 0 Å². The van der Waals surface area contributed by atoms with Crippen molar-refractivity contribution in [3.8, 4) is 0 Å². The van der Waals surface area contributed by atoms with E-state index in [1.165, 1.54) is 0 Å². The van der Waals surface area contributed by atoms with Crippen LogP contribution in [0.25, 0.3) is 0 Å². The Morgan fingerprint density at radius 3 is 3.00 bits per heavy atom. The Morgan fingerprint density at radius 1 is 1.78 bits per heavy atom. The van der Waals surface area contributed by atoms with Gasteiger partial charge in [0.15, 0.2) is 0 Å². The molecule has 0 bridgehead atoms. The van der Waals surface area contributed by atoms with Gasteiger partial charge in [-0.25, -0.2) is 0 Å². The number of hydrogen-bond donors (Lipinski definition) is 1. The number of aliphatic hydroxyl groups excluding tert-OH is 1. The molecule has 1 aliphatic rings. The first-order valence-corrected chi connectivity index (χ1v) is 3.51. The molecule has 1 N–H and O–H groups in total. The SMILES string of the molecule is [CH2-]CC1=CCCCC1O. The molecule has 1 atom stereocenters. The van der Waals surface area contributed by atoms with Gasteiger partial charge in [0.25, 0.3) is 0 Å². The summed E-state index contributed by atoms with van der Waals surface area (Å²) in [5.41, 5.74) is 1.13. The number of hydrogen-bond acceptors (Lipinski definition) is 1. The van der Waals surface area contributed by atoms with Gasteiger partial charge in [0.1, 0.15) is 0 Å². The third-order valence-corrected chi connectivity index (χ3v) is 1.80. The van der Waals surface area contributed by atoms with Gasteiger partial charge >= 0.3 is 0 Å². The van der Waals surface area contributed by atoms with Gasteiger partial charge < -0.3 is 12.0 Å². The van der Waals surface area contributed by atoms with Gasteiger partial charge in [0.05, 0.1) is 6.10 Å². The second kappa shape index (κ2) is 3.02. The number of allylic oxidation sites excluding steroid dienone is 1. The second-order valence-corrected chi connectivity index (χ2v) is 2.48. The molecule has 0 fully saturated rings. The topological polar surface area (TPSA) is 20.2 Å². The molecule has 52 valence electrons. The molecular weight excluding hydrogens is 112 g/mol. The lowest BCUT2D eigenvalue weighted by Gasteiger charge is -2.19. The fourth-order valence-corrected chi connectivity index (χ4v) is 1.19. The third kappa shape index (κ3) is 1.55. The van der Waals surface area contributed by atoms with Crippen molar-refractivity contribution in [2.45, 2.75) is 31.8 Å². The van der Waals surface area contributed by atoms with E-state index in [1.807, 2.05) is 0 Å². The van der Waals surface area contributed by atoms with E-state index in [4.69, 9.17) is 0 Å². The lowest BCUT2D eigenvalue weighted by Crippen LogP contribution is -2.12. The van der Waals surface area contributed by atoms with E-state index in [0.717, 1.165) is 31.3 Å². The Balaban J connectivity index is 2.53. The lowest BCUT2D eigenvalue weighted by molar-refractivity contribution is 0.189. The van der Waals surface area contributed by atoms with Crippen LogP contribution in [-0.2, 0) is 0 Å². The first-order chi connectivity index (χ1) is 4.34. The van der Waals surface area contributed by atoms with Crippen molar-refractivity contribution in [2.75, 3.05) is 0 Å². The molecule has 1 nitrogen and oxygen atoms in total. The summed E-state index contributed by atoms with van der Waals surface area (Å²) in [7, 11) is 0. The standard InChI is InChI=1S/C8H13O/c1-2-7-5-3-4-6-8(7)9/h5,8-9H,1-4,6H2/q-1. The Bertz CT molecular complexity index is 116. The van der Waals surface area contributed by atoms with Crippen LogP contribution in [-0.4, -0.2) is 11.2 Å². The van der Waals surface area contributed by atoms with Crippen molar-refractivity contribution in [3.05, 3.63) is 18.6 Å². The van der Waals surface area contributed by atoms with Crippen molar-refractivity contribution in [3.63, 3.8) is 0 Å². The molecule has 1 rings (SSSR count). The fraction of sp³-hybridized carbons (Fsp3) is 0.625. The molecule has 0 saturated carbocycles. The highest BCUT2D eigenvalue weighted by atomic mass is 16.3. The molecule has 0 heterocycles. The average molecular weight is 125 g/mol. The molecular formula is C8H13O-. The fourth-order valence-electron chi connectivity index (χ4n) is 1.19. The zero-order valence-electron chi connectivity index (χ0n) is 5.64. The minimum Gasteiger partial charge on any atom is -0.389 e. The molecule has 0 amide bonds. The van der Waals surface area contributed by atoms with Gasteiger partial charge in [0, 0.05) is 0 Å². The largest absolute Gasteiger partial charge is 0.389 e. The summed E-state index contributed by atoms with van der Waals surface area (Å²) in [6, 6.07) is 0. The quantitative estimate of drug-likeness (QED) is 0.417.